The third-order valence-corrected chi connectivity index (χ3v) is 2.60. The van der Waals surface area contributed by atoms with Gasteiger partial charge in [0.05, 0.1) is 14.2 Å². The van der Waals surface area contributed by atoms with Crippen LogP contribution in [0.1, 0.15) is 17.5 Å². The molecule has 0 heterocycles. The van der Waals surface area contributed by atoms with E-state index in [1.165, 1.54) is 30.4 Å². The van der Waals surface area contributed by atoms with Gasteiger partial charge in [0, 0.05) is 0 Å². The second kappa shape index (κ2) is 3.29. The van der Waals surface area contributed by atoms with Crippen molar-refractivity contribution in [2.45, 2.75) is 19.3 Å². The van der Waals surface area contributed by atoms with Gasteiger partial charge < -0.3 is 9.47 Å². The molecule has 0 fully saturated rings. The summed E-state index contributed by atoms with van der Waals surface area (Å²) in [6.07, 6.45) is 3.61. The van der Waals surface area contributed by atoms with Gasteiger partial charge in [-0.2, -0.15) is 0 Å². The molecule has 0 saturated heterocycles. The Morgan fingerprint density at radius 1 is 0.923 bits per heavy atom. The van der Waals surface area contributed by atoms with Gasteiger partial charge in [-0.25, -0.2) is 0 Å². The number of ether oxygens (including phenoxy) is 2. The Kier molecular flexibility index (Phi) is 2.13. The zero-order valence-corrected chi connectivity index (χ0v) is 8.09. The average molecular weight is 178 g/mol. The van der Waals surface area contributed by atoms with Crippen molar-refractivity contribution in [3.05, 3.63) is 23.3 Å². The minimum atomic E-state index is 0.850. The van der Waals surface area contributed by atoms with Gasteiger partial charge >= 0.3 is 0 Å². The normalized spacial score (nSPS) is 14.0. The summed E-state index contributed by atoms with van der Waals surface area (Å²) >= 11 is 0. The Labute approximate surface area is 78.5 Å². The molecule has 70 valence electrons. The molecule has 1 aliphatic carbocycles. The fourth-order valence-electron chi connectivity index (χ4n) is 1.90. The van der Waals surface area contributed by atoms with Crippen molar-refractivity contribution in [1.29, 1.82) is 0 Å². The van der Waals surface area contributed by atoms with Crippen LogP contribution >= 0.6 is 0 Å². The maximum atomic E-state index is 5.24. The van der Waals surface area contributed by atoms with Gasteiger partial charge in [-0.05, 0) is 42.5 Å². The summed E-state index contributed by atoms with van der Waals surface area (Å²) in [6, 6.07) is 4.20. The van der Waals surface area contributed by atoms with Crippen LogP contribution in [0.5, 0.6) is 11.5 Å². The van der Waals surface area contributed by atoms with Crippen LogP contribution in [0.4, 0.5) is 0 Å². The predicted molar refractivity (Wildman–Crippen MR) is 51.6 cm³/mol. The Balaban J connectivity index is 2.47. The van der Waals surface area contributed by atoms with Gasteiger partial charge in [-0.15, -0.1) is 0 Å². The summed E-state index contributed by atoms with van der Waals surface area (Å²) in [6.45, 7) is 0. The molecular formula is C11H14O2. The van der Waals surface area contributed by atoms with Crippen LogP contribution in [0, 0.1) is 0 Å². The van der Waals surface area contributed by atoms with Crippen molar-refractivity contribution in [3.8, 4) is 11.5 Å². The quantitative estimate of drug-likeness (QED) is 0.691. The van der Waals surface area contributed by atoms with Gasteiger partial charge in [-0.1, -0.05) is 0 Å². The first kappa shape index (κ1) is 8.42. The molecule has 0 radical (unpaired) electrons. The zero-order chi connectivity index (χ0) is 9.26. The topological polar surface area (TPSA) is 18.5 Å². The molecule has 1 aromatic carbocycles. The van der Waals surface area contributed by atoms with Crippen molar-refractivity contribution in [2.24, 2.45) is 0 Å². The molecule has 0 amide bonds. The highest BCUT2D eigenvalue weighted by Gasteiger charge is 2.15. The second-order valence-corrected chi connectivity index (χ2v) is 3.33. The lowest BCUT2D eigenvalue weighted by atomic mass is 10.1. The third kappa shape index (κ3) is 1.37. The van der Waals surface area contributed by atoms with E-state index in [0.29, 0.717) is 0 Å². The van der Waals surface area contributed by atoms with Gasteiger partial charge in [0.2, 0.25) is 0 Å². The fourth-order valence-corrected chi connectivity index (χ4v) is 1.90. The van der Waals surface area contributed by atoms with Crippen molar-refractivity contribution in [1.82, 2.24) is 0 Å². The molecule has 13 heavy (non-hydrogen) atoms. The predicted octanol–water partition coefficient (Wildman–Crippen LogP) is 2.19. The van der Waals surface area contributed by atoms with E-state index >= 15 is 0 Å². The summed E-state index contributed by atoms with van der Waals surface area (Å²) < 4.78 is 10.5. The zero-order valence-electron chi connectivity index (χ0n) is 8.09. The summed E-state index contributed by atoms with van der Waals surface area (Å²) in [5, 5.41) is 0. The molecule has 2 heteroatoms. The highest BCUT2D eigenvalue weighted by atomic mass is 16.5. The lowest BCUT2D eigenvalue weighted by Gasteiger charge is -2.09. The van der Waals surface area contributed by atoms with Gasteiger partial charge in [0.1, 0.15) is 0 Å². The van der Waals surface area contributed by atoms with E-state index in [2.05, 4.69) is 12.1 Å². The number of methoxy groups -OCH3 is 2. The molecule has 0 aliphatic heterocycles. The van der Waals surface area contributed by atoms with Crippen LogP contribution in [0.25, 0.3) is 0 Å². The van der Waals surface area contributed by atoms with Crippen molar-refractivity contribution in [2.75, 3.05) is 14.2 Å². The molecule has 1 aliphatic rings. The van der Waals surface area contributed by atoms with E-state index in [4.69, 9.17) is 9.47 Å². The number of benzene rings is 1. The molecule has 0 unspecified atom stereocenters. The van der Waals surface area contributed by atoms with Crippen molar-refractivity contribution in [3.63, 3.8) is 0 Å². The number of rotatable bonds is 2. The largest absolute Gasteiger partial charge is 0.493 e. The van der Waals surface area contributed by atoms with Gasteiger partial charge in [0.25, 0.3) is 0 Å². The van der Waals surface area contributed by atoms with Gasteiger partial charge in [0.15, 0.2) is 11.5 Å². The smallest absolute Gasteiger partial charge is 0.161 e. The van der Waals surface area contributed by atoms with E-state index in [0.717, 1.165) is 11.5 Å². The van der Waals surface area contributed by atoms with E-state index in [-0.39, 0.29) is 0 Å². The van der Waals surface area contributed by atoms with Gasteiger partial charge in [-0.3, -0.25) is 0 Å². The first-order valence-electron chi connectivity index (χ1n) is 4.59. The number of aryl methyl sites for hydroxylation is 2. The van der Waals surface area contributed by atoms with Crippen molar-refractivity contribution < 1.29 is 9.47 Å². The molecule has 0 spiro atoms. The summed E-state index contributed by atoms with van der Waals surface area (Å²) in [4.78, 5) is 0. The highest BCUT2D eigenvalue weighted by Crippen LogP contribution is 2.34. The summed E-state index contributed by atoms with van der Waals surface area (Å²) in [5.41, 5.74) is 2.83. The summed E-state index contributed by atoms with van der Waals surface area (Å²) in [7, 11) is 3.36. The van der Waals surface area contributed by atoms with Crippen LogP contribution in [0.2, 0.25) is 0 Å². The first-order chi connectivity index (χ1) is 6.35. The molecular weight excluding hydrogens is 164 g/mol. The monoisotopic (exact) mass is 178 g/mol. The third-order valence-electron chi connectivity index (χ3n) is 2.60. The lowest BCUT2D eigenvalue weighted by Crippen LogP contribution is -1.93. The van der Waals surface area contributed by atoms with E-state index < -0.39 is 0 Å². The Hall–Kier alpha value is -1.18. The molecule has 2 nitrogen and oxygen atoms in total. The molecule has 0 atom stereocenters. The molecule has 2 rings (SSSR count). The van der Waals surface area contributed by atoms with E-state index in [1.807, 2.05) is 0 Å². The van der Waals surface area contributed by atoms with Crippen LogP contribution in [-0.4, -0.2) is 14.2 Å². The van der Waals surface area contributed by atoms with Crippen molar-refractivity contribution >= 4 is 0 Å². The molecule has 0 saturated carbocycles. The standard InChI is InChI=1S/C11H14O2/c1-12-10-6-8-4-3-5-9(8)7-11(10)13-2/h6-7H,3-5H2,1-2H3. The van der Waals surface area contributed by atoms with E-state index in [1.54, 1.807) is 14.2 Å². The highest BCUT2D eigenvalue weighted by molar-refractivity contribution is 5.48. The fraction of sp³-hybridized carbons (Fsp3) is 0.455. The number of fused-ring (bicyclic) bond motifs is 1. The Bertz CT molecular complexity index is 287. The number of hydrogen-bond donors (Lipinski definition) is 0. The number of hydrogen-bond acceptors (Lipinski definition) is 2. The molecule has 0 bridgehead atoms. The minimum absolute atomic E-state index is 0.850. The minimum Gasteiger partial charge on any atom is -0.493 e. The molecule has 0 aromatic heterocycles. The van der Waals surface area contributed by atoms with Crippen LogP contribution in [0.3, 0.4) is 0 Å². The van der Waals surface area contributed by atoms with E-state index in [9.17, 15) is 0 Å². The molecule has 1 aromatic rings. The SMILES string of the molecule is COc1cc2c(cc1OC)CCC2. The first-order valence-corrected chi connectivity index (χ1v) is 4.59. The Morgan fingerprint density at radius 2 is 1.38 bits per heavy atom. The molecule has 0 N–H and O–H groups in total. The van der Waals surface area contributed by atoms with Crippen LogP contribution < -0.4 is 9.47 Å². The second-order valence-electron chi connectivity index (χ2n) is 3.33. The van der Waals surface area contributed by atoms with Crippen LogP contribution in [0.15, 0.2) is 12.1 Å². The maximum absolute atomic E-state index is 5.24. The van der Waals surface area contributed by atoms with Crippen LogP contribution in [-0.2, 0) is 12.8 Å². The summed E-state index contributed by atoms with van der Waals surface area (Å²) in [5.74, 6) is 1.70. The Morgan fingerprint density at radius 3 is 1.77 bits per heavy atom. The lowest BCUT2D eigenvalue weighted by molar-refractivity contribution is 0.354. The maximum Gasteiger partial charge on any atom is 0.161 e. The average Bonchev–Trinajstić information content (AvgIpc) is 2.62.